The number of carboxylic acids is 2. The van der Waals surface area contributed by atoms with Gasteiger partial charge in [0, 0.05) is 25.2 Å². The number of urea groups is 1. The van der Waals surface area contributed by atoms with Crippen LogP contribution in [-0.4, -0.2) is 93.4 Å². The lowest BCUT2D eigenvalue weighted by Gasteiger charge is -2.33. The standard InChI is InChI=1S/C25H23BF2N4O10/c1-2-31-8-9-32(22(35)21(31)34)25(40)30-18(12-6-7-13(23(36)37)17(28)16(12)27)20(33)29-15-10-11-4-3-5-14(24(38)39)19(11)42-26(15)41/h3-7,15,18,41H,2,8-10H2,1H3,(H,29,33)(H,30,40)(H,36,37)(H,38,39)/t15-,18+/m0/s1. The Hall–Kier alpha value is -5.06. The van der Waals surface area contributed by atoms with Gasteiger partial charge in [0.05, 0.1) is 17.1 Å². The third-order valence-electron chi connectivity index (χ3n) is 6.80. The van der Waals surface area contributed by atoms with Gasteiger partial charge in [-0.3, -0.25) is 19.3 Å². The third-order valence-corrected chi connectivity index (χ3v) is 6.80. The van der Waals surface area contributed by atoms with Crippen molar-refractivity contribution in [2.45, 2.75) is 25.3 Å². The fourth-order valence-corrected chi connectivity index (χ4v) is 4.59. The van der Waals surface area contributed by atoms with E-state index in [-0.39, 0.29) is 42.9 Å². The van der Waals surface area contributed by atoms with Crippen LogP contribution in [-0.2, 0) is 20.8 Å². The maximum absolute atomic E-state index is 15.1. The number of halogens is 2. The number of carbonyl (C=O) groups is 6. The van der Waals surface area contributed by atoms with Gasteiger partial charge in [0.15, 0.2) is 11.6 Å². The van der Waals surface area contributed by atoms with E-state index in [4.69, 9.17) is 9.76 Å². The number of imide groups is 1. The molecular formula is C25H23BF2N4O10. The van der Waals surface area contributed by atoms with E-state index in [1.165, 1.54) is 23.1 Å². The highest BCUT2D eigenvalue weighted by atomic mass is 19.2. The highest BCUT2D eigenvalue weighted by Crippen LogP contribution is 2.31. The molecule has 1 fully saturated rings. The lowest BCUT2D eigenvalue weighted by molar-refractivity contribution is -0.153. The molecule has 2 atom stereocenters. The number of aromatic carboxylic acids is 2. The van der Waals surface area contributed by atoms with Crippen molar-refractivity contribution >= 4 is 42.8 Å². The monoisotopic (exact) mass is 588 g/mol. The van der Waals surface area contributed by atoms with E-state index >= 15 is 4.39 Å². The molecule has 4 rings (SSSR count). The summed E-state index contributed by atoms with van der Waals surface area (Å²) < 4.78 is 35.0. The van der Waals surface area contributed by atoms with Gasteiger partial charge in [0.25, 0.3) is 0 Å². The molecule has 2 aromatic rings. The molecule has 5 amide bonds. The van der Waals surface area contributed by atoms with E-state index in [1.54, 1.807) is 6.92 Å². The van der Waals surface area contributed by atoms with Crippen LogP contribution in [0.5, 0.6) is 5.75 Å². The number of nitrogens with one attached hydrogen (secondary N) is 2. The first kappa shape index (κ1) is 29.9. The number of benzene rings is 2. The number of carboxylic acid groups (broad SMARTS) is 2. The van der Waals surface area contributed by atoms with Crippen LogP contribution in [0.2, 0.25) is 0 Å². The van der Waals surface area contributed by atoms with Crippen molar-refractivity contribution in [1.29, 1.82) is 0 Å². The van der Waals surface area contributed by atoms with Crippen LogP contribution in [0.1, 0.15) is 44.8 Å². The van der Waals surface area contributed by atoms with Gasteiger partial charge in [0.2, 0.25) is 5.91 Å². The molecule has 2 aromatic carbocycles. The second-order valence-electron chi connectivity index (χ2n) is 9.29. The zero-order chi connectivity index (χ0) is 30.9. The van der Waals surface area contributed by atoms with Crippen molar-refractivity contribution in [2.75, 3.05) is 19.6 Å². The Morgan fingerprint density at radius 2 is 1.71 bits per heavy atom. The molecule has 0 saturated carbocycles. The number of likely N-dealkylation sites (N-methyl/N-ethyl adjacent to an activating group) is 1. The van der Waals surface area contributed by atoms with E-state index in [0.717, 1.165) is 6.07 Å². The normalized spacial score (nSPS) is 17.2. The van der Waals surface area contributed by atoms with Crippen LogP contribution < -0.4 is 15.3 Å². The molecule has 0 spiro atoms. The van der Waals surface area contributed by atoms with Crippen LogP contribution in [0.15, 0.2) is 30.3 Å². The highest BCUT2D eigenvalue weighted by molar-refractivity contribution is 6.47. The maximum atomic E-state index is 15.1. The lowest BCUT2D eigenvalue weighted by atomic mass is 9.72. The van der Waals surface area contributed by atoms with E-state index in [9.17, 15) is 43.3 Å². The van der Waals surface area contributed by atoms with Gasteiger partial charge in [-0.2, -0.15) is 0 Å². The number of carbonyl (C=O) groups excluding carboxylic acids is 4. The van der Waals surface area contributed by atoms with E-state index in [2.05, 4.69) is 10.6 Å². The Balaban J connectivity index is 1.64. The fourth-order valence-electron chi connectivity index (χ4n) is 4.59. The third kappa shape index (κ3) is 5.58. The predicted octanol–water partition coefficient (Wildman–Crippen LogP) is -0.0578. The SMILES string of the molecule is CCN1CCN(C(=O)N[C@@H](C(=O)N[C@H]2Cc3cccc(C(=O)O)c3OB2O)c2ccc(C(=O)O)c(F)c2F)C(=O)C1=O. The summed E-state index contributed by atoms with van der Waals surface area (Å²) in [6.07, 6.45) is -0.176. The second-order valence-corrected chi connectivity index (χ2v) is 9.29. The summed E-state index contributed by atoms with van der Waals surface area (Å²) in [5.41, 5.74) is -1.85. The summed E-state index contributed by atoms with van der Waals surface area (Å²) in [5, 5.41) is 33.4. The number of rotatable bonds is 7. The molecule has 14 nitrogen and oxygen atoms in total. The van der Waals surface area contributed by atoms with Gasteiger partial charge >= 0.3 is 36.9 Å². The average molecular weight is 588 g/mol. The molecule has 0 aromatic heterocycles. The number of fused-ring (bicyclic) bond motifs is 1. The lowest BCUT2D eigenvalue weighted by Crippen LogP contribution is -2.60. The minimum absolute atomic E-state index is 0.0228. The summed E-state index contributed by atoms with van der Waals surface area (Å²) in [6, 6.07) is 2.14. The van der Waals surface area contributed by atoms with Crippen molar-refractivity contribution < 1.29 is 57.4 Å². The van der Waals surface area contributed by atoms with Crippen LogP contribution in [0.25, 0.3) is 0 Å². The van der Waals surface area contributed by atoms with E-state index in [0.29, 0.717) is 11.0 Å². The molecule has 0 radical (unpaired) electrons. The molecule has 2 aliphatic rings. The molecule has 42 heavy (non-hydrogen) atoms. The van der Waals surface area contributed by atoms with Crippen molar-refractivity contribution in [3.8, 4) is 5.75 Å². The average Bonchev–Trinajstić information content (AvgIpc) is 2.94. The molecule has 1 saturated heterocycles. The number of hydrogen-bond donors (Lipinski definition) is 5. The van der Waals surface area contributed by atoms with Crippen LogP contribution in [0, 0.1) is 11.6 Å². The molecule has 2 aliphatic heterocycles. The van der Waals surface area contributed by atoms with E-state index < -0.39 is 77.6 Å². The second kappa shape index (κ2) is 11.8. The first-order chi connectivity index (χ1) is 19.8. The topological polar surface area (TPSA) is 203 Å². The van der Waals surface area contributed by atoms with Crippen molar-refractivity contribution in [3.05, 3.63) is 64.2 Å². The Morgan fingerprint density at radius 3 is 2.36 bits per heavy atom. The summed E-state index contributed by atoms with van der Waals surface area (Å²) in [7, 11) is -1.81. The van der Waals surface area contributed by atoms with Gasteiger partial charge in [-0.25, -0.2) is 23.2 Å². The number of nitrogens with zero attached hydrogens (tertiary/aromatic N) is 2. The maximum Gasteiger partial charge on any atom is 0.547 e. The van der Waals surface area contributed by atoms with Crippen molar-refractivity contribution in [2.24, 2.45) is 0 Å². The van der Waals surface area contributed by atoms with E-state index in [1.807, 2.05) is 0 Å². The summed E-state index contributed by atoms with van der Waals surface area (Å²) in [4.78, 5) is 75.6. The van der Waals surface area contributed by atoms with Gasteiger partial charge < -0.3 is 35.4 Å². The van der Waals surface area contributed by atoms with Crippen LogP contribution in [0.3, 0.4) is 0 Å². The van der Waals surface area contributed by atoms with Crippen molar-refractivity contribution in [3.63, 3.8) is 0 Å². The molecule has 0 bridgehead atoms. The Labute approximate surface area is 236 Å². The first-order valence-electron chi connectivity index (χ1n) is 12.5. The molecule has 0 unspecified atom stereocenters. The summed E-state index contributed by atoms with van der Waals surface area (Å²) in [5.74, 6) is -11.6. The molecular weight excluding hydrogens is 565 g/mol. The molecule has 2 heterocycles. The molecule has 17 heteroatoms. The Kier molecular flexibility index (Phi) is 8.42. The van der Waals surface area contributed by atoms with Gasteiger partial charge in [-0.05, 0) is 31.0 Å². The number of amides is 5. The number of para-hydroxylation sites is 1. The smallest absolute Gasteiger partial charge is 0.534 e. The first-order valence-corrected chi connectivity index (χ1v) is 12.5. The largest absolute Gasteiger partial charge is 0.547 e. The predicted molar refractivity (Wildman–Crippen MR) is 136 cm³/mol. The number of hydrogen-bond acceptors (Lipinski definition) is 8. The highest BCUT2D eigenvalue weighted by Gasteiger charge is 2.41. The quantitative estimate of drug-likeness (QED) is 0.215. The van der Waals surface area contributed by atoms with Gasteiger partial charge in [-0.15, -0.1) is 0 Å². The zero-order valence-electron chi connectivity index (χ0n) is 21.8. The number of piperazine rings is 1. The molecule has 220 valence electrons. The van der Waals surface area contributed by atoms with Crippen molar-refractivity contribution in [1.82, 2.24) is 20.4 Å². The summed E-state index contributed by atoms with van der Waals surface area (Å²) >= 11 is 0. The Bertz CT molecular complexity index is 1510. The fraction of sp³-hybridized carbons (Fsp3) is 0.280. The van der Waals surface area contributed by atoms with Crippen LogP contribution in [0.4, 0.5) is 13.6 Å². The zero-order valence-corrected chi connectivity index (χ0v) is 21.8. The molecule has 0 aliphatic carbocycles. The molecule has 5 N–H and O–H groups in total. The van der Waals surface area contributed by atoms with Gasteiger partial charge in [-0.1, -0.05) is 18.2 Å². The minimum atomic E-state index is -2.10. The van der Waals surface area contributed by atoms with Crippen LogP contribution >= 0.6 is 0 Å². The summed E-state index contributed by atoms with van der Waals surface area (Å²) in [6.45, 7) is 1.51. The minimum Gasteiger partial charge on any atom is -0.534 e. The van der Waals surface area contributed by atoms with Gasteiger partial charge in [0.1, 0.15) is 11.8 Å². The Morgan fingerprint density at radius 1 is 1.02 bits per heavy atom.